The van der Waals surface area contributed by atoms with Crippen LogP contribution in [0.15, 0.2) is 40.9 Å². The summed E-state index contributed by atoms with van der Waals surface area (Å²) >= 11 is 12.2. The molecule has 4 rings (SSSR count). The zero-order valence-corrected chi connectivity index (χ0v) is 27.0. The molecule has 0 bridgehead atoms. The summed E-state index contributed by atoms with van der Waals surface area (Å²) in [5.74, 6) is -2.72. The molecule has 3 atom stereocenters. The van der Waals surface area contributed by atoms with Gasteiger partial charge in [0.1, 0.15) is 6.04 Å². The SMILES string of the molecule is CCCCC(=O)C(=O)[C@@H](CC(=O)[C@H](Cc1cc(Cl)c(O)c(Cl)c1)N[C@@H](c1cccc(-c2nc(C)no2)c1)C(F)(F)F)CC1CCC1. The second-order valence-corrected chi connectivity index (χ2v) is 12.7. The lowest BCUT2D eigenvalue weighted by Crippen LogP contribution is -2.47. The minimum absolute atomic E-state index is 0.0337. The lowest BCUT2D eigenvalue weighted by atomic mass is 9.75. The number of aromatic hydroxyl groups is 1. The zero-order chi connectivity index (χ0) is 33.6. The van der Waals surface area contributed by atoms with Crippen LogP contribution in [-0.2, 0) is 20.8 Å². The first-order valence-corrected chi connectivity index (χ1v) is 16.0. The first-order chi connectivity index (χ1) is 21.8. The Morgan fingerprint density at radius 2 is 1.83 bits per heavy atom. The van der Waals surface area contributed by atoms with Gasteiger partial charge in [-0.3, -0.25) is 19.7 Å². The molecule has 0 aliphatic heterocycles. The van der Waals surface area contributed by atoms with E-state index in [1.54, 1.807) is 6.92 Å². The van der Waals surface area contributed by atoms with Crippen molar-refractivity contribution in [2.24, 2.45) is 11.8 Å². The number of benzene rings is 2. The van der Waals surface area contributed by atoms with E-state index in [0.717, 1.165) is 19.3 Å². The Morgan fingerprint density at radius 1 is 1.13 bits per heavy atom. The standard InChI is InChI=1S/C33H36Cl2F3N3O5/c1-3-4-11-27(42)29(44)23(12-19-7-5-8-19)17-28(43)26(15-20-13-24(34)30(45)25(35)14-20)40-31(33(36,37)38)21-9-6-10-22(16-21)32-39-18(2)41-46-32/h6,9-10,13-14,16,19,23,26,31,40,45H,3-5,7-8,11-12,15,17H2,1-2H3/t23-,26+,31+/m1/s1. The quantitative estimate of drug-likeness (QED) is 0.146. The van der Waals surface area contributed by atoms with E-state index in [-0.39, 0.29) is 51.4 Å². The highest BCUT2D eigenvalue weighted by molar-refractivity contribution is 6.38. The third-order valence-electron chi connectivity index (χ3n) is 8.29. The molecule has 0 unspecified atom stereocenters. The zero-order valence-electron chi connectivity index (χ0n) is 25.5. The molecule has 1 aliphatic carbocycles. The van der Waals surface area contributed by atoms with E-state index in [4.69, 9.17) is 27.7 Å². The maximum absolute atomic E-state index is 14.7. The molecule has 248 valence electrons. The Morgan fingerprint density at radius 3 is 2.39 bits per heavy atom. The summed E-state index contributed by atoms with van der Waals surface area (Å²) in [6.07, 6.45) is -1.24. The highest BCUT2D eigenvalue weighted by atomic mass is 35.5. The third-order valence-corrected chi connectivity index (χ3v) is 8.86. The van der Waals surface area contributed by atoms with Gasteiger partial charge in [0.2, 0.25) is 5.78 Å². The van der Waals surface area contributed by atoms with Crippen LogP contribution in [-0.4, -0.2) is 44.8 Å². The van der Waals surface area contributed by atoms with Crippen LogP contribution in [0.1, 0.15) is 81.3 Å². The molecule has 1 saturated carbocycles. The number of nitrogens with one attached hydrogen (secondary N) is 1. The van der Waals surface area contributed by atoms with E-state index in [1.807, 2.05) is 6.92 Å². The lowest BCUT2D eigenvalue weighted by Gasteiger charge is -2.31. The number of rotatable bonds is 16. The average Bonchev–Trinajstić information content (AvgIpc) is 3.42. The predicted octanol–water partition coefficient (Wildman–Crippen LogP) is 7.96. The molecule has 2 N–H and O–H groups in total. The maximum atomic E-state index is 14.7. The van der Waals surface area contributed by atoms with Gasteiger partial charge in [-0.05, 0) is 67.5 Å². The Balaban J connectivity index is 1.68. The highest BCUT2D eigenvalue weighted by Gasteiger charge is 2.43. The van der Waals surface area contributed by atoms with E-state index >= 15 is 0 Å². The number of unbranched alkanes of at least 4 members (excludes halogenated alkanes) is 1. The molecule has 0 spiro atoms. The van der Waals surface area contributed by atoms with Crippen molar-refractivity contribution in [3.8, 4) is 17.2 Å². The van der Waals surface area contributed by atoms with Crippen molar-refractivity contribution in [2.45, 2.75) is 89.9 Å². The second kappa shape index (κ2) is 15.5. The lowest BCUT2D eigenvalue weighted by molar-refractivity contribution is -0.160. The normalized spacial score (nSPS) is 15.6. The molecule has 46 heavy (non-hydrogen) atoms. The molecule has 3 aromatic rings. The molecule has 1 heterocycles. The number of Topliss-reactive ketones (excluding diaryl/α,β-unsaturated/α-hetero) is 3. The number of carbonyl (C=O) groups is 3. The van der Waals surface area contributed by atoms with Gasteiger partial charge < -0.3 is 9.63 Å². The summed E-state index contributed by atoms with van der Waals surface area (Å²) in [5.41, 5.74) is 0.332. The van der Waals surface area contributed by atoms with Gasteiger partial charge in [-0.15, -0.1) is 0 Å². The third kappa shape index (κ3) is 9.17. The second-order valence-electron chi connectivity index (χ2n) is 11.9. The first-order valence-electron chi connectivity index (χ1n) is 15.3. The van der Waals surface area contributed by atoms with E-state index in [2.05, 4.69) is 15.5 Å². The van der Waals surface area contributed by atoms with E-state index in [0.29, 0.717) is 25.1 Å². The monoisotopic (exact) mass is 681 g/mol. The van der Waals surface area contributed by atoms with Gasteiger partial charge in [-0.1, -0.05) is 73.1 Å². The number of phenols is 1. The van der Waals surface area contributed by atoms with Crippen LogP contribution < -0.4 is 5.32 Å². The van der Waals surface area contributed by atoms with Gasteiger partial charge in [0, 0.05) is 24.3 Å². The number of halogens is 5. The number of aromatic nitrogens is 2. The van der Waals surface area contributed by atoms with Crippen molar-refractivity contribution in [3.63, 3.8) is 0 Å². The summed E-state index contributed by atoms with van der Waals surface area (Å²) < 4.78 is 49.3. The predicted molar refractivity (Wildman–Crippen MR) is 167 cm³/mol. The fourth-order valence-electron chi connectivity index (χ4n) is 5.57. The largest absolute Gasteiger partial charge is 0.505 e. The van der Waals surface area contributed by atoms with Crippen molar-refractivity contribution in [2.75, 3.05) is 0 Å². The van der Waals surface area contributed by atoms with Crippen molar-refractivity contribution in [1.29, 1.82) is 0 Å². The van der Waals surface area contributed by atoms with Crippen molar-refractivity contribution >= 4 is 40.6 Å². The number of alkyl halides is 3. The number of carbonyl (C=O) groups excluding carboxylic acids is 3. The average molecular weight is 683 g/mol. The van der Waals surface area contributed by atoms with E-state index < -0.39 is 53.7 Å². The van der Waals surface area contributed by atoms with Gasteiger partial charge in [0.25, 0.3) is 5.89 Å². The maximum Gasteiger partial charge on any atom is 0.407 e. The van der Waals surface area contributed by atoms with E-state index in [9.17, 15) is 32.7 Å². The number of phenolic OH excluding ortho intramolecular Hbond substituents is 1. The molecule has 1 fully saturated rings. The van der Waals surface area contributed by atoms with Gasteiger partial charge in [0.15, 0.2) is 23.1 Å². The smallest absolute Gasteiger partial charge is 0.407 e. The molecule has 13 heteroatoms. The summed E-state index contributed by atoms with van der Waals surface area (Å²) in [5, 5.41) is 15.9. The van der Waals surface area contributed by atoms with Crippen LogP contribution in [0.2, 0.25) is 10.0 Å². The van der Waals surface area contributed by atoms with Crippen LogP contribution in [0.3, 0.4) is 0 Å². The molecule has 1 aromatic heterocycles. The number of hydrogen-bond donors (Lipinski definition) is 2. The molecule has 1 aliphatic rings. The highest BCUT2D eigenvalue weighted by Crippen LogP contribution is 2.38. The number of ketones is 3. The minimum Gasteiger partial charge on any atom is -0.505 e. The van der Waals surface area contributed by atoms with Crippen LogP contribution in [0.25, 0.3) is 11.5 Å². The Bertz CT molecular complexity index is 1530. The molecular weight excluding hydrogens is 646 g/mol. The van der Waals surface area contributed by atoms with Crippen LogP contribution >= 0.6 is 23.2 Å². The van der Waals surface area contributed by atoms with Crippen molar-refractivity contribution in [1.82, 2.24) is 15.5 Å². The Kier molecular flexibility index (Phi) is 12.0. The molecule has 8 nitrogen and oxygen atoms in total. The fourth-order valence-corrected chi connectivity index (χ4v) is 6.10. The van der Waals surface area contributed by atoms with Gasteiger partial charge in [0.05, 0.1) is 16.1 Å². The topological polar surface area (TPSA) is 122 Å². The Hall–Kier alpha value is -3.28. The molecular formula is C33H36Cl2F3N3O5. The molecule has 2 aromatic carbocycles. The number of aryl methyl sites for hydroxylation is 1. The summed E-state index contributed by atoms with van der Waals surface area (Å²) in [7, 11) is 0. The summed E-state index contributed by atoms with van der Waals surface area (Å²) in [6.45, 7) is 3.47. The van der Waals surface area contributed by atoms with Crippen LogP contribution in [0.5, 0.6) is 5.75 Å². The van der Waals surface area contributed by atoms with Crippen molar-refractivity contribution < 1.29 is 37.2 Å². The van der Waals surface area contributed by atoms with Gasteiger partial charge in [-0.25, -0.2) is 0 Å². The fraction of sp³-hybridized carbons (Fsp3) is 0.485. The molecule has 0 amide bonds. The van der Waals surface area contributed by atoms with Crippen LogP contribution in [0, 0.1) is 18.8 Å². The van der Waals surface area contributed by atoms with Crippen molar-refractivity contribution in [3.05, 3.63) is 63.4 Å². The molecule has 0 radical (unpaired) electrons. The number of hydrogen-bond acceptors (Lipinski definition) is 8. The first kappa shape index (κ1) is 35.6. The summed E-state index contributed by atoms with van der Waals surface area (Å²) in [4.78, 5) is 44.0. The number of nitrogens with zero attached hydrogens (tertiary/aromatic N) is 2. The Labute approximate surface area is 275 Å². The van der Waals surface area contributed by atoms with Crippen LogP contribution in [0.4, 0.5) is 13.2 Å². The van der Waals surface area contributed by atoms with Gasteiger partial charge >= 0.3 is 6.18 Å². The van der Waals surface area contributed by atoms with Gasteiger partial charge in [-0.2, -0.15) is 18.2 Å². The molecule has 0 saturated heterocycles. The van der Waals surface area contributed by atoms with E-state index in [1.165, 1.54) is 36.4 Å². The summed E-state index contributed by atoms with van der Waals surface area (Å²) in [6, 6.07) is 4.30. The minimum atomic E-state index is -4.86.